The Hall–Kier alpha value is -2.21. The summed E-state index contributed by atoms with van der Waals surface area (Å²) in [6, 6.07) is 10.0. The van der Waals surface area contributed by atoms with E-state index < -0.39 is 0 Å². The molecule has 0 aliphatic carbocycles. The van der Waals surface area contributed by atoms with E-state index in [9.17, 15) is 0 Å². The summed E-state index contributed by atoms with van der Waals surface area (Å²) in [6.07, 6.45) is 2.59. The maximum Gasteiger partial charge on any atom is 0.200 e. The zero-order valence-corrected chi connectivity index (χ0v) is 15.0. The molecule has 0 spiro atoms. The standard InChI is InChI=1S/C18H21N3O2S/c1-13-10-14(2)12-15(11-13)22-8-5-9-24-18-20-19-17(21(18)3)16-6-4-7-23-16/h4,6-7,10-12H,5,8-9H2,1-3H3. The summed E-state index contributed by atoms with van der Waals surface area (Å²) >= 11 is 1.67. The number of aryl methyl sites for hydroxylation is 2. The van der Waals surface area contributed by atoms with Gasteiger partial charge in [-0.15, -0.1) is 10.2 Å². The highest BCUT2D eigenvalue weighted by Gasteiger charge is 2.12. The van der Waals surface area contributed by atoms with E-state index in [1.54, 1.807) is 18.0 Å². The van der Waals surface area contributed by atoms with Gasteiger partial charge in [0, 0.05) is 12.8 Å². The molecule has 24 heavy (non-hydrogen) atoms. The van der Waals surface area contributed by atoms with Gasteiger partial charge >= 0.3 is 0 Å². The van der Waals surface area contributed by atoms with Crippen molar-refractivity contribution in [2.24, 2.45) is 7.05 Å². The zero-order valence-electron chi connectivity index (χ0n) is 14.2. The largest absolute Gasteiger partial charge is 0.494 e. The number of hydrogen-bond donors (Lipinski definition) is 0. The van der Waals surface area contributed by atoms with E-state index >= 15 is 0 Å². The van der Waals surface area contributed by atoms with Crippen LogP contribution in [0.1, 0.15) is 17.5 Å². The Labute approximate surface area is 146 Å². The van der Waals surface area contributed by atoms with Crippen molar-refractivity contribution in [1.82, 2.24) is 14.8 Å². The van der Waals surface area contributed by atoms with E-state index in [-0.39, 0.29) is 0 Å². The van der Waals surface area contributed by atoms with Gasteiger partial charge in [0.25, 0.3) is 0 Å². The average Bonchev–Trinajstić information content (AvgIpc) is 3.16. The van der Waals surface area contributed by atoms with Gasteiger partial charge in [-0.3, -0.25) is 0 Å². The molecule has 0 aliphatic rings. The molecular weight excluding hydrogens is 322 g/mol. The Morgan fingerprint density at radius 1 is 1.17 bits per heavy atom. The molecule has 5 nitrogen and oxygen atoms in total. The molecule has 0 amide bonds. The number of thioether (sulfide) groups is 1. The molecule has 0 saturated carbocycles. The highest BCUT2D eigenvalue weighted by atomic mass is 32.2. The van der Waals surface area contributed by atoms with Crippen molar-refractivity contribution >= 4 is 11.8 Å². The second-order valence-corrected chi connectivity index (χ2v) is 6.78. The zero-order chi connectivity index (χ0) is 16.9. The van der Waals surface area contributed by atoms with Crippen LogP contribution in [-0.4, -0.2) is 27.1 Å². The number of furan rings is 1. The minimum Gasteiger partial charge on any atom is -0.494 e. The molecule has 0 atom stereocenters. The Morgan fingerprint density at radius 2 is 1.96 bits per heavy atom. The van der Waals surface area contributed by atoms with Crippen LogP contribution in [-0.2, 0) is 7.05 Å². The van der Waals surface area contributed by atoms with E-state index in [1.807, 2.05) is 23.7 Å². The highest BCUT2D eigenvalue weighted by molar-refractivity contribution is 7.99. The Bertz CT molecular complexity index is 776. The van der Waals surface area contributed by atoms with Crippen molar-refractivity contribution in [1.29, 1.82) is 0 Å². The van der Waals surface area contributed by atoms with Gasteiger partial charge in [-0.25, -0.2) is 0 Å². The Morgan fingerprint density at radius 3 is 2.67 bits per heavy atom. The van der Waals surface area contributed by atoms with E-state index in [2.05, 4.69) is 42.2 Å². The first-order valence-corrected chi connectivity index (χ1v) is 8.89. The molecule has 0 fully saturated rings. The summed E-state index contributed by atoms with van der Waals surface area (Å²) < 4.78 is 13.2. The molecule has 3 aromatic rings. The fraction of sp³-hybridized carbons (Fsp3) is 0.333. The normalized spacial score (nSPS) is 11.0. The fourth-order valence-electron chi connectivity index (χ4n) is 2.49. The van der Waals surface area contributed by atoms with Gasteiger partial charge in [-0.05, 0) is 55.7 Å². The molecule has 0 radical (unpaired) electrons. The van der Waals surface area contributed by atoms with Crippen LogP contribution >= 0.6 is 11.8 Å². The summed E-state index contributed by atoms with van der Waals surface area (Å²) in [4.78, 5) is 0. The first-order chi connectivity index (χ1) is 11.6. The van der Waals surface area contributed by atoms with Gasteiger partial charge in [0.05, 0.1) is 12.9 Å². The van der Waals surface area contributed by atoms with Crippen LogP contribution in [0.5, 0.6) is 5.75 Å². The third-order valence-corrected chi connectivity index (χ3v) is 4.67. The van der Waals surface area contributed by atoms with Crippen molar-refractivity contribution in [3.05, 3.63) is 47.7 Å². The molecule has 0 aliphatic heterocycles. The van der Waals surface area contributed by atoms with Crippen LogP contribution in [0, 0.1) is 13.8 Å². The summed E-state index contributed by atoms with van der Waals surface area (Å²) in [5.41, 5.74) is 2.45. The smallest absolute Gasteiger partial charge is 0.200 e. The van der Waals surface area contributed by atoms with Crippen molar-refractivity contribution in [3.63, 3.8) is 0 Å². The molecule has 126 valence electrons. The molecule has 0 unspecified atom stereocenters. The van der Waals surface area contributed by atoms with Crippen LogP contribution in [0.2, 0.25) is 0 Å². The topological polar surface area (TPSA) is 53.1 Å². The molecule has 2 heterocycles. The van der Waals surface area contributed by atoms with E-state index in [0.717, 1.165) is 34.7 Å². The molecule has 1 aromatic carbocycles. The predicted octanol–water partition coefficient (Wildman–Crippen LogP) is 4.25. The van der Waals surface area contributed by atoms with Crippen LogP contribution in [0.25, 0.3) is 11.6 Å². The summed E-state index contributed by atoms with van der Waals surface area (Å²) in [6.45, 7) is 4.86. The Kier molecular flexibility index (Phi) is 5.25. The third kappa shape index (κ3) is 4.00. The maximum atomic E-state index is 5.83. The van der Waals surface area contributed by atoms with Gasteiger partial charge in [0.15, 0.2) is 16.7 Å². The first-order valence-electron chi connectivity index (χ1n) is 7.90. The molecule has 3 rings (SSSR count). The molecule has 6 heteroatoms. The van der Waals surface area contributed by atoms with Gasteiger partial charge in [-0.2, -0.15) is 0 Å². The number of hydrogen-bond acceptors (Lipinski definition) is 5. The molecule has 2 aromatic heterocycles. The highest BCUT2D eigenvalue weighted by Crippen LogP contribution is 2.23. The third-order valence-electron chi connectivity index (χ3n) is 3.56. The number of aromatic nitrogens is 3. The number of benzene rings is 1. The lowest BCUT2D eigenvalue weighted by atomic mass is 10.1. The molecule has 0 bridgehead atoms. The van der Waals surface area contributed by atoms with E-state index in [4.69, 9.17) is 9.15 Å². The monoisotopic (exact) mass is 343 g/mol. The number of nitrogens with zero attached hydrogens (tertiary/aromatic N) is 3. The second-order valence-electron chi connectivity index (χ2n) is 5.72. The van der Waals surface area contributed by atoms with Crippen LogP contribution in [0.4, 0.5) is 0 Å². The van der Waals surface area contributed by atoms with Crippen LogP contribution in [0.3, 0.4) is 0 Å². The molecule has 0 N–H and O–H groups in total. The summed E-state index contributed by atoms with van der Waals surface area (Å²) in [5.74, 6) is 3.34. The van der Waals surface area contributed by atoms with Crippen LogP contribution in [0.15, 0.2) is 46.2 Å². The lowest BCUT2D eigenvalue weighted by molar-refractivity contribution is 0.318. The molecular formula is C18H21N3O2S. The van der Waals surface area contributed by atoms with Crippen molar-refractivity contribution < 1.29 is 9.15 Å². The lowest BCUT2D eigenvalue weighted by Crippen LogP contribution is -2.00. The SMILES string of the molecule is Cc1cc(C)cc(OCCCSc2nnc(-c3ccco3)n2C)c1. The minimum atomic E-state index is 0.693. The van der Waals surface area contributed by atoms with E-state index in [0.29, 0.717) is 6.61 Å². The van der Waals surface area contributed by atoms with Crippen molar-refractivity contribution in [2.75, 3.05) is 12.4 Å². The quantitative estimate of drug-likeness (QED) is 0.474. The second kappa shape index (κ2) is 7.57. The lowest BCUT2D eigenvalue weighted by Gasteiger charge is -2.08. The average molecular weight is 343 g/mol. The van der Waals surface area contributed by atoms with E-state index in [1.165, 1.54) is 11.1 Å². The number of ether oxygens (including phenoxy) is 1. The predicted molar refractivity (Wildman–Crippen MR) is 95.5 cm³/mol. The van der Waals surface area contributed by atoms with Gasteiger partial charge in [0.1, 0.15) is 5.75 Å². The van der Waals surface area contributed by atoms with Crippen LogP contribution < -0.4 is 4.74 Å². The summed E-state index contributed by atoms with van der Waals surface area (Å²) in [5, 5.41) is 9.30. The minimum absolute atomic E-state index is 0.693. The molecule has 0 saturated heterocycles. The maximum absolute atomic E-state index is 5.83. The van der Waals surface area contributed by atoms with Gasteiger partial charge in [0.2, 0.25) is 0 Å². The summed E-state index contributed by atoms with van der Waals surface area (Å²) in [7, 11) is 1.95. The first kappa shape index (κ1) is 16.6. The van der Waals surface area contributed by atoms with Crippen molar-refractivity contribution in [3.8, 4) is 17.3 Å². The van der Waals surface area contributed by atoms with Gasteiger partial charge < -0.3 is 13.7 Å². The van der Waals surface area contributed by atoms with Crippen molar-refractivity contribution in [2.45, 2.75) is 25.4 Å². The van der Waals surface area contributed by atoms with Gasteiger partial charge in [-0.1, -0.05) is 17.8 Å². The fourth-order valence-corrected chi connectivity index (χ4v) is 3.31. The Balaban J connectivity index is 1.47. The number of rotatable bonds is 7.